The summed E-state index contributed by atoms with van der Waals surface area (Å²) in [7, 11) is 0. The molecule has 3 nitrogen and oxygen atoms in total. The molecule has 1 heterocycles. The van der Waals surface area contributed by atoms with Gasteiger partial charge in [0.05, 0.1) is 12.3 Å². The summed E-state index contributed by atoms with van der Waals surface area (Å²) in [5.74, 6) is 0.880. The largest absolute Gasteiger partial charge is 0.395 e. The summed E-state index contributed by atoms with van der Waals surface area (Å²) < 4.78 is 2.01. The van der Waals surface area contributed by atoms with Crippen LogP contribution in [0.2, 0.25) is 0 Å². The smallest absolute Gasteiger partial charge is 0.0723 e. The van der Waals surface area contributed by atoms with Gasteiger partial charge in [0.1, 0.15) is 0 Å². The summed E-state index contributed by atoms with van der Waals surface area (Å²) in [5.41, 5.74) is 1.10. The molecule has 1 aromatic rings. The number of nitrogens with zero attached hydrogens (tertiary/aromatic N) is 2. The monoisotopic (exact) mass is 228 g/mol. The van der Waals surface area contributed by atoms with Crippen molar-refractivity contribution in [1.29, 1.82) is 0 Å². The average molecular weight is 228 g/mol. The standard InChI is InChI=1S/C11H20N2OS/c1-4-9(2)13-6-5-11(12-13)8-15-10(3)7-14/h5-6,9-10,14H,4,7-8H2,1-3H3. The number of aliphatic hydroxyl groups excluding tert-OH is 1. The fraction of sp³-hybridized carbons (Fsp3) is 0.727. The topological polar surface area (TPSA) is 38.0 Å². The molecule has 0 bridgehead atoms. The SMILES string of the molecule is CCC(C)n1ccc(CSC(C)CO)n1. The summed E-state index contributed by atoms with van der Waals surface area (Å²) >= 11 is 1.74. The van der Waals surface area contributed by atoms with Crippen molar-refractivity contribution >= 4 is 11.8 Å². The van der Waals surface area contributed by atoms with E-state index in [2.05, 4.69) is 25.0 Å². The lowest BCUT2D eigenvalue weighted by atomic mass is 10.3. The maximum atomic E-state index is 8.90. The van der Waals surface area contributed by atoms with Crippen LogP contribution >= 0.6 is 11.8 Å². The molecule has 15 heavy (non-hydrogen) atoms. The van der Waals surface area contributed by atoms with Gasteiger partial charge in [0.25, 0.3) is 0 Å². The molecule has 1 N–H and O–H groups in total. The van der Waals surface area contributed by atoms with Gasteiger partial charge in [-0.25, -0.2) is 0 Å². The molecule has 4 heteroatoms. The molecule has 0 saturated carbocycles. The van der Waals surface area contributed by atoms with Crippen LogP contribution in [0.3, 0.4) is 0 Å². The highest BCUT2D eigenvalue weighted by molar-refractivity contribution is 7.99. The Labute approximate surface area is 95.9 Å². The Morgan fingerprint density at radius 2 is 2.27 bits per heavy atom. The second-order valence-corrected chi connectivity index (χ2v) is 5.28. The zero-order valence-electron chi connectivity index (χ0n) is 9.68. The Hall–Kier alpha value is -0.480. The Kier molecular flexibility index (Phi) is 5.19. The van der Waals surface area contributed by atoms with E-state index in [1.165, 1.54) is 0 Å². The van der Waals surface area contributed by atoms with Gasteiger partial charge in [-0.1, -0.05) is 13.8 Å². The van der Waals surface area contributed by atoms with Crippen molar-refractivity contribution in [2.45, 2.75) is 44.2 Å². The van der Waals surface area contributed by atoms with E-state index in [1.807, 2.05) is 17.8 Å². The van der Waals surface area contributed by atoms with Crippen LogP contribution < -0.4 is 0 Å². The molecular formula is C11H20N2OS. The first-order chi connectivity index (χ1) is 7.17. The third kappa shape index (κ3) is 3.87. The summed E-state index contributed by atoms with van der Waals surface area (Å²) in [6.45, 7) is 6.59. The Morgan fingerprint density at radius 3 is 2.87 bits per heavy atom. The molecule has 0 fully saturated rings. The normalized spacial score (nSPS) is 15.2. The first-order valence-corrected chi connectivity index (χ1v) is 6.48. The molecule has 1 rings (SSSR count). The molecule has 0 aliphatic carbocycles. The van der Waals surface area contributed by atoms with Crippen LogP contribution in [0.5, 0.6) is 0 Å². The highest BCUT2D eigenvalue weighted by Crippen LogP contribution is 2.17. The van der Waals surface area contributed by atoms with Gasteiger partial charge in [0.2, 0.25) is 0 Å². The fourth-order valence-electron chi connectivity index (χ4n) is 1.17. The molecular weight excluding hydrogens is 208 g/mol. The molecule has 0 saturated heterocycles. The third-order valence-corrected chi connectivity index (χ3v) is 3.66. The first kappa shape index (κ1) is 12.6. The van der Waals surface area contributed by atoms with E-state index in [0.717, 1.165) is 17.9 Å². The van der Waals surface area contributed by atoms with Crippen molar-refractivity contribution in [1.82, 2.24) is 9.78 Å². The van der Waals surface area contributed by atoms with E-state index < -0.39 is 0 Å². The van der Waals surface area contributed by atoms with Crippen LogP contribution in [-0.4, -0.2) is 26.7 Å². The lowest BCUT2D eigenvalue weighted by molar-refractivity contribution is 0.300. The summed E-state index contributed by atoms with van der Waals surface area (Å²) in [4.78, 5) is 0. The van der Waals surface area contributed by atoms with Gasteiger partial charge < -0.3 is 5.11 Å². The van der Waals surface area contributed by atoms with Gasteiger partial charge in [0.15, 0.2) is 0 Å². The zero-order chi connectivity index (χ0) is 11.3. The molecule has 2 unspecified atom stereocenters. The van der Waals surface area contributed by atoms with Crippen LogP contribution in [0.15, 0.2) is 12.3 Å². The fourth-order valence-corrected chi connectivity index (χ4v) is 1.88. The molecule has 1 aromatic heterocycles. The highest BCUT2D eigenvalue weighted by Gasteiger charge is 2.06. The molecule has 0 aliphatic heterocycles. The molecule has 0 aliphatic rings. The van der Waals surface area contributed by atoms with Gasteiger partial charge in [-0.2, -0.15) is 5.10 Å². The Morgan fingerprint density at radius 1 is 1.53 bits per heavy atom. The second kappa shape index (κ2) is 6.18. The molecule has 0 radical (unpaired) electrons. The van der Waals surface area contributed by atoms with E-state index in [9.17, 15) is 0 Å². The van der Waals surface area contributed by atoms with Crippen molar-refractivity contribution < 1.29 is 5.11 Å². The minimum atomic E-state index is 0.233. The van der Waals surface area contributed by atoms with Crippen molar-refractivity contribution in [2.24, 2.45) is 0 Å². The van der Waals surface area contributed by atoms with Crippen molar-refractivity contribution in [2.75, 3.05) is 6.61 Å². The van der Waals surface area contributed by atoms with E-state index in [4.69, 9.17) is 5.11 Å². The maximum Gasteiger partial charge on any atom is 0.0723 e. The lowest BCUT2D eigenvalue weighted by Gasteiger charge is -2.08. The van der Waals surface area contributed by atoms with Crippen molar-refractivity contribution in [3.05, 3.63) is 18.0 Å². The van der Waals surface area contributed by atoms with Crippen LogP contribution in [-0.2, 0) is 5.75 Å². The molecule has 0 spiro atoms. The van der Waals surface area contributed by atoms with Crippen LogP contribution in [0.25, 0.3) is 0 Å². The molecule has 0 amide bonds. The third-order valence-electron chi connectivity index (χ3n) is 2.48. The molecule has 0 aromatic carbocycles. The lowest BCUT2D eigenvalue weighted by Crippen LogP contribution is -2.05. The Balaban J connectivity index is 2.46. The van der Waals surface area contributed by atoms with Crippen LogP contribution in [0.4, 0.5) is 0 Å². The maximum absolute atomic E-state index is 8.90. The predicted octanol–water partition coefficient (Wildman–Crippen LogP) is 2.47. The van der Waals surface area contributed by atoms with Gasteiger partial charge in [-0.15, -0.1) is 11.8 Å². The second-order valence-electron chi connectivity index (χ2n) is 3.85. The summed E-state index contributed by atoms with van der Waals surface area (Å²) in [5, 5.41) is 13.7. The first-order valence-electron chi connectivity index (χ1n) is 5.43. The number of thioether (sulfide) groups is 1. The van der Waals surface area contributed by atoms with E-state index in [0.29, 0.717) is 11.3 Å². The van der Waals surface area contributed by atoms with Crippen molar-refractivity contribution in [3.8, 4) is 0 Å². The van der Waals surface area contributed by atoms with Gasteiger partial charge >= 0.3 is 0 Å². The van der Waals surface area contributed by atoms with E-state index in [1.54, 1.807) is 11.8 Å². The van der Waals surface area contributed by atoms with Gasteiger partial charge in [0, 0.05) is 23.2 Å². The zero-order valence-corrected chi connectivity index (χ0v) is 10.5. The van der Waals surface area contributed by atoms with E-state index in [-0.39, 0.29) is 6.61 Å². The average Bonchev–Trinajstić information content (AvgIpc) is 2.73. The predicted molar refractivity (Wildman–Crippen MR) is 65.1 cm³/mol. The summed E-state index contributed by atoms with van der Waals surface area (Å²) in [6, 6.07) is 2.53. The minimum absolute atomic E-state index is 0.233. The van der Waals surface area contributed by atoms with Gasteiger partial charge in [-0.05, 0) is 19.4 Å². The number of rotatable bonds is 6. The number of aliphatic hydroxyl groups is 1. The molecule has 2 atom stereocenters. The van der Waals surface area contributed by atoms with Crippen molar-refractivity contribution in [3.63, 3.8) is 0 Å². The number of hydrogen-bond donors (Lipinski definition) is 1. The van der Waals surface area contributed by atoms with Crippen LogP contribution in [0.1, 0.15) is 38.9 Å². The minimum Gasteiger partial charge on any atom is -0.395 e. The summed E-state index contributed by atoms with van der Waals surface area (Å²) in [6.07, 6.45) is 3.13. The Bertz CT molecular complexity index is 288. The number of hydrogen-bond acceptors (Lipinski definition) is 3. The molecule has 86 valence electrons. The quantitative estimate of drug-likeness (QED) is 0.813. The van der Waals surface area contributed by atoms with Crippen LogP contribution in [0, 0.1) is 0 Å². The highest BCUT2D eigenvalue weighted by atomic mass is 32.2. The van der Waals surface area contributed by atoms with Gasteiger partial charge in [-0.3, -0.25) is 4.68 Å². The van der Waals surface area contributed by atoms with E-state index >= 15 is 0 Å². The number of aromatic nitrogens is 2.